The van der Waals surface area contributed by atoms with Gasteiger partial charge in [-0.3, -0.25) is 4.68 Å². The minimum Gasteiger partial charge on any atom is -0.444 e. The number of aromatic nitrogens is 3. The molecule has 0 spiro atoms. The summed E-state index contributed by atoms with van der Waals surface area (Å²) >= 11 is 0.658. The molecule has 0 aliphatic carbocycles. The number of aryl methyl sites for hydroxylation is 1. The quantitative estimate of drug-likeness (QED) is 0.776. The van der Waals surface area contributed by atoms with Gasteiger partial charge in [0.25, 0.3) is 0 Å². The van der Waals surface area contributed by atoms with Crippen LogP contribution in [0.25, 0.3) is 10.7 Å². The molecule has 2 rings (SSSR count). The minimum absolute atomic E-state index is 0.355. The molecule has 0 atom stereocenters. The summed E-state index contributed by atoms with van der Waals surface area (Å²) in [7, 11) is 0. The summed E-state index contributed by atoms with van der Waals surface area (Å²) in [5, 5.41) is 4.34. The highest BCUT2D eigenvalue weighted by Crippen LogP contribution is 2.23. The third kappa shape index (κ3) is 1.97. The molecular formula is C8H8BF3N3S-. The summed E-state index contributed by atoms with van der Waals surface area (Å²) in [6.07, 6.45) is 2.44. The number of halogens is 3. The van der Waals surface area contributed by atoms with E-state index < -0.39 is 11.8 Å². The zero-order valence-corrected chi connectivity index (χ0v) is 9.22. The second kappa shape index (κ2) is 3.93. The zero-order chi connectivity index (χ0) is 11.8. The predicted octanol–water partition coefficient (Wildman–Crippen LogP) is 2.08. The molecule has 0 aliphatic heterocycles. The van der Waals surface area contributed by atoms with Gasteiger partial charge < -0.3 is 12.9 Å². The van der Waals surface area contributed by atoms with E-state index in [1.54, 1.807) is 16.9 Å². The van der Waals surface area contributed by atoms with Crippen LogP contribution in [0.1, 0.15) is 6.92 Å². The lowest BCUT2D eigenvalue weighted by Crippen LogP contribution is -2.30. The van der Waals surface area contributed by atoms with Crippen molar-refractivity contribution in [1.82, 2.24) is 14.8 Å². The Balaban J connectivity index is 2.39. The first-order chi connectivity index (χ1) is 7.52. The van der Waals surface area contributed by atoms with Crippen molar-refractivity contribution in [3.63, 3.8) is 0 Å². The first kappa shape index (κ1) is 11.2. The molecule has 0 saturated heterocycles. The van der Waals surface area contributed by atoms with E-state index in [2.05, 4.69) is 10.1 Å². The van der Waals surface area contributed by atoms with Crippen molar-refractivity contribution < 1.29 is 12.9 Å². The lowest BCUT2D eigenvalue weighted by Gasteiger charge is -2.09. The summed E-state index contributed by atoms with van der Waals surface area (Å²) in [6.45, 7) is -2.48. The van der Waals surface area contributed by atoms with Gasteiger partial charge in [-0.15, -0.1) is 0 Å². The van der Waals surface area contributed by atoms with Crippen LogP contribution in [0.3, 0.4) is 0 Å². The fourth-order valence-electron chi connectivity index (χ4n) is 1.32. The lowest BCUT2D eigenvalue weighted by atomic mass is 9.91. The Morgan fingerprint density at radius 1 is 1.44 bits per heavy atom. The van der Waals surface area contributed by atoms with Gasteiger partial charge in [0, 0.05) is 18.9 Å². The Hall–Kier alpha value is -1.31. The second-order valence-electron chi connectivity index (χ2n) is 3.17. The largest absolute Gasteiger partial charge is 0.521 e. The molecule has 0 N–H and O–H groups in total. The summed E-state index contributed by atoms with van der Waals surface area (Å²) < 4.78 is 38.3. The van der Waals surface area contributed by atoms with Crippen molar-refractivity contribution >= 4 is 23.1 Å². The molecule has 8 heteroatoms. The Labute approximate surface area is 94.0 Å². The van der Waals surface area contributed by atoms with Crippen LogP contribution < -0.4 is 4.78 Å². The Kier molecular flexibility index (Phi) is 2.75. The summed E-state index contributed by atoms with van der Waals surface area (Å²) in [6, 6.07) is 1.66. The van der Waals surface area contributed by atoms with Crippen molar-refractivity contribution in [1.29, 1.82) is 0 Å². The summed E-state index contributed by atoms with van der Waals surface area (Å²) in [5.41, 5.74) is 0.624. The van der Waals surface area contributed by atoms with Crippen LogP contribution in [-0.2, 0) is 6.54 Å². The first-order valence-electron chi connectivity index (χ1n) is 4.70. The molecule has 0 bridgehead atoms. The maximum atomic E-state index is 12.4. The summed E-state index contributed by atoms with van der Waals surface area (Å²) in [4.78, 5) is 3.79. The van der Waals surface area contributed by atoms with E-state index in [1.807, 2.05) is 6.92 Å². The van der Waals surface area contributed by atoms with E-state index in [-0.39, 0.29) is 0 Å². The van der Waals surface area contributed by atoms with Crippen LogP contribution >= 0.6 is 11.3 Å². The highest BCUT2D eigenvalue weighted by molar-refractivity contribution is 7.26. The Morgan fingerprint density at radius 3 is 2.75 bits per heavy atom. The Morgan fingerprint density at radius 2 is 2.19 bits per heavy atom. The van der Waals surface area contributed by atoms with E-state index in [1.165, 1.54) is 0 Å². The van der Waals surface area contributed by atoms with Crippen molar-refractivity contribution in [2.24, 2.45) is 0 Å². The fourth-order valence-corrected chi connectivity index (χ4v) is 2.17. The van der Waals surface area contributed by atoms with Crippen LogP contribution in [-0.4, -0.2) is 21.7 Å². The third-order valence-corrected chi connectivity index (χ3v) is 3.20. The van der Waals surface area contributed by atoms with E-state index in [0.717, 1.165) is 6.20 Å². The van der Waals surface area contributed by atoms with Gasteiger partial charge in [-0.25, -0.2) is 4.98 Å². The maximum Gasteiger partial charge on any atom is 0.521 e. The van der Waals surface area contributed by atoms with E-state index >= 15 is 0 Å². The number of nitrogens with zero attached hydrogens (tertiary/aromatic N) is 3. The molecule has 2 heterocycles. The average Bonchev–Trinajstić information content (AvgIpc) is 2.84. The molecule has 0 unspecified atom stereocenters. The van der Waals surface area contributed by atoms with Crippen molar-refractivity contribution in [2.45, 2.75) is 13.5 Å². The number of hydrogen-bond donors (Lipinski definition) is 0. The average molecular weight is 246 g/mol. The SMILES string of the molecule is CCn1nccc1-c1ncc([B-](F)(F)F)s1. The molecule has 0 fully saturated rings. The van der Waals surface area contributed by atoms with E-state index in [4.69, 9.17) is 0 Å². The predicted molar refractivity (Wildman–Crippen MR) is 57.7 cm³/mol. The maximum absolute atomic E-state index is 12.4. The number of rotatable bonds is 3. The van der Waals surface area contributed by atoms with Crippen LogP contribution in [0.15, 0.2) is 18.5 Å². The number of hydrogen-bond acceptors (Lipinski definition) is 3. The molecule has 2 aromatic rings. The van der Waals surface area contributed by atoms with Crippen LogP contribution in [0, 0.1) is 0 Å². The fraction of sp³-hybridized carbons (Fsp3) is 0.250. The van der Waals surface area contributed by atoms with E-state index in [0.29, 0.717) is 28.6 Å². The topological polar surface area (TPSA) is 30.7 Å². The molecule has 16 heavy (non-hydrogen) atoms. The molecule has 0 aromatic carbocycles. The van der Waals surface area contributed by atoms with Gasteiger partial charge in [0.2, 0.25) is 0 Å². The van der Waals surface area contributed by atoms with Gasteiger partial charge in [-0.1, -0.05) is 0 Å². The molecule has 0 saturated carbocycles. The van der Waals surface area contributed by atoms with Crippen molar-refractivity contribution in [3.8, 4) is 10.7 Å². The normalized spacial score (nSPS) is 12.0. The van der Waals surface area contributed by atoms with Gasteiger partial charge in [-0.2, -0.15) is 16.4 Å². The first-order valence-corrected chi connectivity index (χ1v) is 5.52. The molecule has 0 amide bonds. The van der Waals surface area contributed by atoms with Crippen molar-refractivity contribution in [3.05, 3.63) is 18.5 Å². The van der Waals surface area contributed by atoms with Gasteiger partial charge in [0.1, 0.15) is 5.01 Å². The van der Waals surface area contributed by atoms with Gasteiger partial charge in [-0.05, 0) is 17.8 Å². The zero-order valence-electron chi connectivity index (χ0n) is 8.40. The van der Waals surface area contributed by atoms with Gasteiger partial charge >= 0.3 is 6.98 Å². The van der Waals surface area contributed by atoms with Crippen molar-refractivity contribution in [2.75, 3.05) is 0 Å². The van der Waals surface area contributed by atoms with Gasteiger partial charge in [0.05, 0.1) is 5.69 Å². The van der Waals surface area contributed by atoms with Gasteiger partial charge in [0.15, 0.2) is 0 Å². The molecule has 0 aliphatic rings. The van der Waals surface area contributed by atoms with Crippen LogP contribution in [0.4, 0.5) is 12.9 Å². The molecule has 2 aromatic heterocycles. The smallest absolute Gasteiger partial charge is 0.444 e. The minimum atomic E-state index is -4.96. The molecular weight excluding hydrogens is 238 g/mol. The van der Waals surface area contributed by atoms with Crippen LogP contribution in [0.5, 0.6) is 0 Å². The Bertz CT molecular complexity index is 491. The molecule has 0 radical (unpaired) electrons. The lowest BCUT2D eigenvalue weighted by molar-refractivity contribution is 0.502. The molecule has 3 nitrogen and oxygen atoms in total. The number of thiazole rings is 1. The molecule has 86 valence electrons. The monoisotopic (exact) mass is 246 g/mol. The third-order valence-electron chi connectivity index (χ3n) is 2.08. The summed E-state index contributed by atoms with van der Waals surface area (Å²) in [5.74, 6) is 0. The standard InChI is InChI=1S/C8H8BF3N3S/c1-2-15-6(3-4-14-15)8-13-5-7(16-8)9(10,11)12/h3-5H,2H2,1H3/q-1. The highest BCUT2D eigenvalue weighted by Gasteiger charge is 2.28. The van der Waals surface area contributed by atoms with E-state index in [9.17, 15) is 12.9 Å². The second-order valence-corrected chi connectivity index (χ2v) is 4.24. The van der Waals surface area contributed by atoms with Crippen LogP contribution in [0.2, 0.25) is 0 Å². The highest BCUT2D eigenvalue weighted by atomic mass is 32.1.